The van der Waals surface area contributed by atoms with Crippen molar-refractivity contribution in [1.82, 2.24) is 0 Å². The minimum Gasteiger partial charge on any atom is -0.493 e. The SMILES string of the molecule is COc1cc(C=CC(=O)OCC(=O)Nc2ccccc2SCC#N)ccc1OC(F)F. The highest BCUT2D eigenvalue weighted by molar-refractivity contribution is 7.99. The van der Waals surface area contributed by atoms with Crippen LogP contribution < -0.4 is 14.8 Å². The van der Waals surface area contributed by atoms with Crippen LogP contribution in [0.25, 0.3) is 6.08 Å². The van der Waals surface area contributed by atoms with Crippen molar-refractivity contribution in [3.05, 3.63) is 54.1 Å². The van der Waals surface area contributed by atoms with Gasteiger partial charge >= 0.3 is 12.6 Å². The second-order valence-corrected chi connectivity index (χ2v) is 6.74. The van der Waals surface area contributed by atoms with Crippen LogP contribution in [0, 0.1) is 11.3 Å². The molecule has 0 aliphatic carbocycles. The van der Waals surface area contributed by atoms with Crippen molar-refractivity contribution in [2.24, 2.45) is 0 Å². The number of para-hydroxylation sites is 1. The highest BCUT2D eigenvalue weighted by Crippen LogP contribution is 2.30. The third-order valence-corrected chi connectivity index (χ3v) is 4.55. The molecule has 2 aromatic rings. The molecule has 2 rings (SSSR count). The number of carbonyl (C=O) groups excluding carboxylic acids is 2. The average molecular weight is 448 g/mol. The maximum absolute atomic E-state index is 12.4. The zero-order chi connectivity index (χ0) is 22.6. The molecule has 1 N–H and O–H groups in total. The number of alkyl halides is 2. The van der Waals surface area contributed by atoms with E-state index in [2.05, 4.69) is 10.1 Å². The molecule has 31 heavy (non-hydrogen) atoms. The Morgan fingerprint density at radius 3 is 2.71 bits per heavy atom. The van der Waals surface area contributed by atoms with Crippen LogP contribution in [0.15, 0.2) is 53.4 Å². The van der Waals surface area contributed by atoms with Gasteiger partial charge in [-0.05, 0) is 35.9 Å². The molecule has 0 spiro atoms. The number of ether oxygens (including phenoxy) is 3. The molecule has 7 nitrogen and oxygen atoms in total. The summed E-state index contributed by atoms with van der Waals surface area (Å²) < 4.78 is 38.9. The zero-order valence-electron chi connectivity index (χ0n) is 16.3. The number of carbonyl (C=O) groups is 2. The molecule has 0 aliphatic rings. The Hall–Kier alpha value is -3.58. The minimum atomic E-state index is -2.99. The first-order chi connectivity index (χ1) is 14.9. The van der Waals surface area contributed by atoms with Crippen molar-refractivity contribution in [2.75, 3.05) is 24.8 Å². The van der Waals surface area contributed by atoms with Crippen LogP contribution in [0.2, 0.25) is 0 Å². The molecule has 0 unspecified atom stereocenters. The first kappa shape index (κ1) is 23.7. The molecule has 162 valence electrons. The molecule has 0 atom stereocenters. The Bertz CT molecular complexity index is 992. The van der Waals surface area contributed by atoms with E-state index in [0.29, 0.717) is 11.3 Å². The van der Waals surface area contributed by atoms with E-state index in [1.165, 1.54) is 43.1 Å². The maximum Gasteiger partial charge on any atom is 0.387 e. The summed E-state index contributed by atoms with van der Waals surface area (Å²) in [5.41, 5.74) is 0.987. The number of benzene rings is 2. The quantitative estimate of drug-likeness (QED) is 0.332. The lowest BCUT2D eigenvalue weighted by molar-refractivity contribution is -0.142. The van der Waals surface area contributed by atoms with E-state index in [0.717, 1.165) is 11.0 Å². The van der Waals surface area contributed by atoms with E-state index in [4.69, 9.17) is 14.7 Å². The molecule has 0 fully saturated rings. The van der Waals surface area contributed by atoms with Gasteiger partial charge in [0.05, 0.1) is 24.6 Å². The van der Waals surface area contributed by atoms with Gasteiger partial charge in [0.2, 0.25) is 0 Å². The zero-order valence-corrected chi connectivity index (χ0v) is 17.2. The van der Waals surface area contributed by atoms with Crippen LogP contribution in [0.1, 0.15) is 5.56 Å². The summed E-state index contributed by atoms with van der Waals surface area (Å²) in [4.78, 5) is 24.6. The summed E-state index contributed by atoms with van der Waals surface area (Å²) in [6, 6.07) is 13.1. The van der Waals surface area contributed by atoms with E-state index in [1.54, 1.807) is 24.3 Å². The van der Waals surface area contributed by atoms with Crippen molar-refractivity contribution in [3.8, 4) is 17.6 Å². The molecule has 0 heterocycles. The number of halogens is 2. The van der Waals surface area contributed by atoms with Crippen molar-refractivity contribution >= 4 is 35.4 Å². The normalized spacial score (nSPS) is 10.5. The highest BCUT2D eigenvalue weighted by Gasteiger charge is 2.11. The lowest BCUT2D eigenvalue weighted by Crippen LogP contribution is -2.20. The van der Waals surface area contributed by atoms with Gasteiger partial charge in [-0.2, -0.15) is 14.0 Å². The van der Waals surface area contributed by atoms with Crippen LogP contribution in [-0.2, 0) is 14.3 Å². The first-order valence-electron chi connectivity index (χ1n) is 8.79. The predicted octanol–water partition coefficient (Wildman–Crippen LogP) is 4.11. The van der Waals surface area contributed by atoms with Gasteiger partial charge in [-0.3, -0.25) is 4.79 Å². The molecular formula is C21H18F2N2O5S. The molecule has 0 saturated heterocycles. The maximum atomic E-state index is 12.4. The van der Waals surface area contributed by atoms with E-state index < -0.39 is 25.1 Å². The van der Waals surface area contributed by atoms with Gasteiger partial charge < -0.3 is 19.5 Å². The van der Waals surface area contributed by atoms with E-state index in [9.17, 15) is 18.4 Å². The number of anilines is 1. The second-order valence-electron chi connectivity index (χ2n) is 5.72. The molecule has 2 aromatic carbocycles. The molecule has 10 heteroatoms. The highest BCUT2D eigenvalue weighted by atomic mass is 32.2. The third-order valence-electron chi connectivity index (χ3n) is 3.61. The topological polar surface area (TPSA) is 97.6 Å². The summed E-state index contributed by atoms with van der Waals surface area (Å²) in [6.07, 6.45) is 2.47. The second kappa shape index (κ2) is 12.2. The Morgan fingerprint density at radius 2 is 2.00 bits per heavy atom. The average Bonchev–Trinajstić information content (AvgIpc) is 2.76. The summed E-state index contributed by atoms with van der Waals surface area (Å²) >= 11 is 1.27. The van der Waals surface area contributed by atoms with Crippen molar-refractivity contribution in [1.29, 1.82) is 5.26 Å². The van der Waals surface area contributed by atoms with E-state index >= 15 is 0 Å². The summed E-state index contributed by atoms with van der Waals surface area (Å²) in [7, 11) is 1.30. The van der Waals surface area contributed by atoms with Gasteiger partial charge in [-0.15, -0.1) is 11.8 Å². The van der Waals surface area contributed by atoms with Crippen LogP contribution in [-0.4, -0.2) is 38.0 Å². The van der Waals surface area contributed by atoms with Crippen LogP contribution in [0.3, 0.4) is 0 Å². The van der Waals surface area contributed by atoms with Crippen LogP contribution in [0.5, 0.6) is 11.5 Å². The first-order valence-corrected chi connectivity index (χ1v) is 9.77. The standard InChI is InChI=1S/C21H18F2N2O5S/c1-28-17-12-14(6-8-16(17)30-21(22)23)7-9-20(27)29-13-19(26)25-15-4-2-3-5-18(15)31-11-10-24/h2-9,12,21H,11,13H2,1H3,(H,25,26). The minimum absolute atomic E-state index is 0.0723. The van der Waals surface area contributed by atoms with Crippen LogP contribution in [0.4, 0.5) is 14.5 Å². The summed E-state index contributed by atoms with van der Waals surface area (Å²) in [6.45, 7) is -3.50. The number of rotatable bonds is 10. The number of amides is 1. The molecule has 0 bridgehead atoms. The van der Waals surface area contributed by atoms with Crippen molar-refractivity contribution in [2.45, 2.75) is 11.5 Å². The number of thioether (sulfide) groups is 1. The molecule has 0 radical (unpaired) electrons. The number of nitrogens with one attached hydrogen (secondary N) is 1. The number of nitriles is 1. The lowest BCUT2D eigenvalue weighted by atomic mass is 10.2. The largest absolute Gasteiger partial charge is 0.493 e. The Balaban J connectivity index is 1.90. The number of methoxy groups -OCH3 is 1. The van der Waals surface area contributed by atoms with Gasteiger partial charge in [0.1, 0.15) is 0 Å². The lowest BCUT2D eigenvalue weighted by Gasteiger charge is -2.10. The molecule has 0 aromatic heterocycles. The van der Waals surface area contributed by atoms with Gasteiger partial charge in [0, 0.05) is 11.0 Å². The molecule has 1 amide bonds. The van der Waals surface area contributed by atoms with Crippen molar-refractivity contribution < 1.29 is 32.6 Å². The molecule has 0 aliphatic heterocycles. The van der Waals surface area contributed by atoms with Gasteiger partial charge in [0.25, 0.3) is 5.91 Å². The fraction of sp³-hybridized carbons (Fsp3) is 0.190. The smallest absolute Gasteiger partial charge is 0.387 e. The monoisotopic (exact) mass is 448 g/mol. The third kappa shape index (κ3) is 7.98. The number of hydrogen-bond donors (Lipinski definition) is 1. The number of hydrogen-bond acceptors (Lipinski definition) is 7. The number of nitrogens with zero attached hydrogens (tertiary/aromatic N) is 1. The Morgan fingerprint density at radius 1 is 1.23 bits per heavy atom. The van der Waals surface area contributed by atoms with Crippen LogP contribution >= 0.6 is 11.8 Å². The van der Waals surface area contributed by atoms with E-state index in [-0.39, 0.29) is 17.3 Å². The number of esters is 1. The summed E-state index contributed by atoms with van der Waals surface area (Å²) in [5.74, 6) is -1.14. The Labute approximate surface area is 181 Å². The van der Waals surface area contributed by atoms with E-state index in [1.807, 2.05) is 6.07 Å². The molecule has 0 saturated carbocycles. The summed E-state index contributed by atoms with van der Waals surface area (Å²) in [5, 5.41) is 11.3. The molecular weight excluding hydrogens is 430 g/mol. The van der Waals surface area contributed by atoms with Gasteiger partial charge in [-0.25, -0.2) is 4.79 Å². The fourth-order valence-corrected chi connectivity index (χ4v) is 2.99. The van der Waals surface area contributed by atoms with Gasteiger partial charge in [0.15, 0.2) is 18.1 Å². The van der Waals surface area contributed by atoms with Crippen molar-refractivity contribution in [3.63, 3.8) is 0 Å². The Kier molecular flexibility index (Phi) is 9.32. The fourth-order valence-electron chi connectivity index (χ4n) is 2.32. The van der Waals surface area contributed by atoms with Gasteiger partial charge in [-0.1, -0.05) is 18.2 Å². The predicted molar refractivity (Wildman–Crippen MR) is 111 cm³/mol.